The number of nitrogens with zero attached hydrogens (tertiary/aromatic N) is 4. The predicted molar refractivity (Wildman–Crippen MR) is 139 cm³/mol. The van der Waals surface area contributed by atoms with Crippen LogP contribution in [0.4, 0.5) is 5.13 Å². The van der Waals surface area contributed by atoms with Gasteiger partial charge < -0.3 is 14.2 Å². The second kappa shape index (κ2) is 10.1. The number of anilines is 1. The molecule has 0 N–H and O–H groups in total. The number of aryl methyl sites for hydroxylation is 3. The first-order chi connectivity index (χ1) is 16.8. The fraction of sp³-hybridized carbons (Fsp3) is 0.320. The van der Waals surface area contributed by atoms with Gasteiger partial charge in [0.15, 0.2) is 16.6 Å². The molecule has 0 unspecified atom stereocenters. The van der Waals surface area contributed by atoms with E-state index in [2.05, 4.69) is 5.10 Å². The molecule has 2 aromatic heterocycles. The molecule has 0 aliphatic heterocycles. The van der Waals surface area contributed by atoms with E-state index in [-0.39, 0.29) is 5.91 Å². The Bertz CT molecular complexity index is 1370. The maximum absolute atomic E-state index is 13.9. The fourth-order valence-electron chi connectivity index (χ4n) is 3.94. The Morgan fingerprint density at radius 2 is 1.74 bits per heavy atom. The lowest BCUT2D eigenvalue weighted by atomic mass is 10.1. The smallest absolute Gasteiger partial charge is 0.260 e. The van der Waals surface area contributed by atoms with Crippen LogP contribution < -0.4 is 19.1 Å². The number of carbonyl (C=O) groups excluding carboxylic acids is 1. The first-order valence-corrected chi connectivity index (χ1v) is 12.1. The molecule has 2 aromatic carbocycles. The molecule has 1 amide bonds. The van der Waals surface area contributed by atoms with Crippen LogP contribution >= 0.6 is 22.9 Å². The second-order valence-electron chi connectivity index (χ2n) is 8.04. The summed E-state index contributed by atoms with van der Waals surface area (Å²) >= 11 is 7.77. The number of fused-ring (bicyclic) bond motifs is 1. The molecule has 0 radical (unpaired) electrons. The van der Waals surface area contributed by atoms with E-state index in [1.54, 1.807) is 17.0 Å². The number of hydrogen-bond acceptors (Lipinski definition) is 7. The van der Waals surface area contributed by atoms with Crippen molar-refractivity contribution in [1.29, 1.82) is 0 Å². The molecule has 10 heteroatoms. The third-order valence-corrected chi connectivity index (χ3v) is 7.22. The molecule has 184 valence electrons. The summed E-state index contributed by atoms with van der Waals surface area (Å²) in [5.74, 6) is 0.987. The Kier molecular flexibility index (Phi) is 7.18. The van der Waals surface area contributed by atoms with Crippen LogP contribution in [-0.2, 0) is 6.54 Å². The number of aromatic nitrogens is 3. The Hall–Kier alpha value is -3.30. The summed E-state index contributed by atoms with van der Waals surface area (Å²) in [5, 5.41) is 5.75. The maximum atomic E-state index is 13.9. The Labute approximate surface area is 213 Å². The van der Waals surface area contributed by atoms with Gasteiger partial charge in [-0.15, -0.1) is 0 Å². The molecule has 2 heterocycles. The summed E-state index contributed by atoms with van der Waals surface area (Å²) < 4.78 is 19.2. The minimum atomic E-state index is -0.242. The summed E-state index contributed by atoms with van der Waals surface area (Å²) in [6.07, 6.45) is 0. The Morgan fingerprint density at radius 3 is 2.31 bits per heavy atom. The van der Waals surface area contributed by atoms with E-state index < -0.39 is 0 Å². The molecular formula is C25H27ClN4O4S. The molecule has 4 aromatic rings. The molecule has 0 bridgehead atoms. The van der Waals surface area contributed by atoms with Crippen LogP contribution in [0.3, 0.4) is 0 Å². The van der Waals surface area contributed by atoms with Gasteiger partial charge in [0.05, 0.1) is 43.8 Å². The van der Waals surface area contributed by atoms with Crippen LogP contribution in [0.15, 0.2) is 30.3 Å². The number of thiazole rings is 1. The van der Waals surface area contributed by atoms with Gasteiger partial charge in [-0.25, -0.2) is 4.98 Å². The maximum Gasteiger partial charge on any atom is 0.260 e. The number of ether oxygens (including phenoxy) is 3. The summed E-state index contributed by atoms with van der Waals surface area (Å²) in [6.45, 7) is 6.74. The van der Waals surface area contributed by atoms with Gasteiger partial charge in [0.1, 0.15) is 0 Å². The number of halogens is 1. The van der Waals surface area contributed by atoms with E-state index in [0.29, 0.717) is 46.1 Å². The van der Waals surface area contributed by atoms with Gasteiger partial charge in [-0.1, -0.05) is 22.9 Å². The van der Waals surface area contributed by atoms with Crippen LogP contribution in [0.2, 0.25) is 5.02 Å². The zero-order valence-electron chi connectivity index (χ0n) is 20.5. The van der Waals surface area contributed by atoms with Crippen LogP contribution in [0.5, 0.6) is 17.2 Å². The first-order valence-electron chi connectivity index (χ1n) is 11.0. The van der Waals surface area contributed by atoms with E-state index >= 15 is 0 Å². The quantitative estimate of drug-likeness (QED) is 0.311. The summed E-state index contributed by atoms with van der Waals surface area (Å²) in [6, 6.07) is 9.08. The molecule has 0 fully saturated rings. The fourth-order valence-corrected chi connectivity index (χ4v) is 5.15. The molecule has 0 aliphatic carbocycles. The van der Waals surface area contributed by atoms with Crippen molar-refractivity contribution in [3.63, 3.8) is 0 Å². The van der Waals surface area contributed by atoms with Crippen molar-refractivity contribution in [2.45, 2.75) is 27.3 Å². The molecule has 0 saturated carbocycles. The molecule has 0 atom stereocenters. The number of hydrogen-bond donors (Lipinski definition) is 0. The van der Waals surface area contributed by atoms with Gasteiger partial charge in [-0.3, -0.25) is 14.4 Å². The molecule has 8 nitrogen and oxygen atoms in total. The van der Waals surface area contributed by atoms with E-state index in [1.165, 1.54) is 32.7 Å². The standard InChI is InChI=1S/C25H27ClN4O4S/c1-14-11-15(2)30(28-14)10-9-29(25-27-22-16(3)18(26)7-8-21(22)35-25)24(31)17-12-19(32-4)23(34-6)20(13-17)33-5/h7-8,11-13H,9-10H2,1-6H3. The normalized spacial score (nSPS) is 11.1. The minimum absolute atomic E-state index is 0.242. The highest BCUT2D eigenvalue weighted by atomic mass is 35.5. The predicted octanol–water partition coefficient (Wildman–Crippen LogP) is 5.44. The van der Waals surface area contributed by atoms with Crippen LogP contribution in [0.25, 0.3) is 10.2 Å². The number of amides is 1. The lowest BCUT2D eigenvalue weighted by Gasteiger charge is -2.21. The average Bonchev–Trinajstić information content (AvgIpc) is 3.43. The van der Waals surface area contributed by atoms with Crippen LogP contribution in [0, 0.1) is 20.8 Å². The van der Waals surface area contributed by atoms with E-state index in [4.69, 9.17) is 30.8 Å². The van der Waals surface area contributed by atoms with Crippen molar-refractivity contribution >= 4 is 44.2 Å². The van der Waals surface area contributed by atoms with Crippen LogP contribution in [-0.4, -0.2) is 48.5 Å². The van der Waals surface area contributed by atoms with Gasteiger partial charge in [-0.2, -0.15) is 5.10 Å². The van der Waals surface area contributed by atoms with Crippen molar-refractivity contribution in [1.82, 2.24) is 14.8 Å². The average molecular weight is 515 g/mol. The molecule has 0 aliphatic rings. The lowest BCUT2D eigenvalue weighted by Crippen LogP contribution is -2.34. The number of rotatable bonds is 8. The topological polar surface area (TPSA) is 78.7 Å². The monoisotopic (exact) mass is 514 g/mol. The summed E-state index contributed by atoms with van der Waals surface area (Å²) in [5.41, 5.74) is 4.00. The highest BCUT2D eigenvalue weighted by Gasteiger charge is 2.25. The molecular weight excluding hydrogens is 488 g/mol. The lowest BCUT2D eigenvalue weighted by molar-refractivity contribution is 0.0985. The zero-order valence-corrected chi connectivity index (χ0v) is 22.1. The van der Waals surface area contributed by atoms with Crippen LogP contribution in [0.1, 0.15) is 27.3 Å². The van der Waals surface area contributed by atoms with Crippen molar-refractivity contribution < 1.29 is 19.0 Å². The van der Waals surface area contributed by atoms with Crippen molar-refractivity contribution in [3.05, 3.63) is 57.9 Å². The number of carbonyl (C=O) groups is 1. The number of methoxy groups -OCH3 is 3. The highest BCUT2D eigenvalue weighted by Crippen LogP contribution is 2.39. The zero-order chi connectivity index (χ0) is 25.3. The highest BCUT2D eigenvalue weighted by molar-refractivity contribution is 7.22. The van der Waals surface area contributed by atoms with Gasteiger partial charge in [0.25, 0.3) is 5.91 Å². The van der Waals surface area contributed by atoms with Crippen molar-refractivity contribution in [3.8, 4) is 17.2 Å². The third kappa shape index (κ3) is 4.78. The van der Waals surface area contributed by atoms with Crippen molar-refractivity contribution in [2.24, 2.45) is 0 Å². The van der Waals surface area contributed by atoms with Crippen molar-refractivity contribution in [2.75, 3.05) is 32.8 Å². The second-order valence-corrected chi connectivity index (χ2v) is 9.45. The first kappa shape index (κ1) is 24.8. The summed E-state index contributed by atoms with van der Waals surface area (Å²) in [7, 11) is 4.57. The minimum Gasteiger partial charge on any atom is -0.493 e. The Morgan fingerprint density at radius 1 is 1.06 bits per heavy atom. The third-order valence-electron chi connectivity index (χ3n) is 5.76. The SMILES string of the molecule is COc1cc(C(=O)N(CCn2nc(C)cc2C)c2nc3c(C)c(Cl)ccc3s2)cc(OC)c1OC. The van der Waals surface area contributed by atoms with Gasteiger partial charge in [0.2, 0.25) is 5.75 Å². The van der Waals surface area contributed by atoms with Gasteiger partial charge in [-0.05, 0) is 56.7 Å². The molecule has 4 rings (SSSR count). The van der Waals surface area contributed by atoms with Gasteiger partial charge >= 0.3 is 0 Å². The molecule has 0 saturated heterocycles. The number of benzene rings is 2. The van der Waals surface area contributed by atoms with E-state index in [9.17, 15) is 4.79 Å². The largest absolute Gasteiger partial charge is 0.493 e. The molecule has 35 heavy (non-hydrogen) atoms. The molecule has 0 spiro atoms. The summed E-state index contributed by atoms with van der Waals surface area (Å²) in [4.78, 5) is 20.4. The van der Waals surface area contributed by atoms with E-state index in [0.717, 1.165) is 27.2 Å². The van der Waals surface area contributed by atoms with Gasteiger partial charge in [0, 0.05) is 22.8 Å². The van der Waals surface area contributed by atoms with E-state index in [1.807, 2.05) is 43.7 Å². The Balaban J connectivity index is 1.79.